The van der Waals surface area contributed by atoms with Gasteiger partial charge in [0.15, 0.2) is 6.20 Å². The maximum absolute atomic E-state index is 11.0. The fourth-order valence-electron chi connectivity index (χ4n) is 1.11. The first kappa shape index (κ1) is 11.0. The average Bonchev–Trinajstić information content (AvgIpc) is 2.28. The van der Waals surface area contributed by atoms with Gasteiger partial charge in [0.2, 0.25) is 0 Å². The Bertz CT molecular complexity index is 399. The van der Waals surface area contributed by atoms with E-state index in [9.17, 15) is 4.79 Å². The molecule has 1 aromatic carbocycles. The van der Waals surface area contributed by atoms with Crippen LogP contribution in [0.2, 0.25) is 0 Å². The summed E-state index contributed by atoms with van der Waals surface area (Å²) in [4.78, 5) is 14.1. The Morgan fingerprint density at radius 1 is 1.47 bits per heavy atom. The normalized spacial score (nSPS) is 9.87. The van der Waals surface area contributed by atoms with E-state index >= 15 is 0 Å². The highest BCUT2D eigenvalue weighted by Crippen LogP contribution is 2.07. The molecule has 0 bridgehead atoms. The van der Waals surface area contributed by atoms with Gasteiger partial charge >= 0.3 is 5.97 Å². The summed E-state index contributed by atoms with van der Waals surface area (Å²) in [6, 6.07) is 7.42. The van der Waals surface area contributed by atoms with Gasteiger partial charge in [-0.1, -0.05) is 30.3 Å². The van der Waals surface area contributed by atoms with Gasteiger partial charge in [-0.2, -0.15) is 0 Å². The standard InChI is InChI=1S/C12H11NO2/c1-13-8-7-10-3-5-11(6-4-10)9-12(14)15-2/h3-8H,9H2,2H3/b8-7+. The van der Waals surface area contributed by atoms with Crippen LogP contribution in [0, 0.1) is 6.57 Å². The van der Waals surface area contributed by atoms with Crippen LogP contribution in [0.3, 0.4) is 0 Å². The summed E-state index contributed by atoms with van der Waals surface area (Å²) in [6.07, 6.45) is 3.40. The van der Waals surface area contributed by atoms with Crippen LogP contribution in [0.4, 0.5) is 0 Å². The van der Waals surface area contributed by atoms with Crippen molar-refractivity contribution in [2.75, 3.05) is 7.11 Å². The minimum Gasteiger partial charge on any atom is -0.469 e. The number of ether oxygens (including phenoxy) is 1. The molecule has 0 amide bonds. The van der Waals surface area contributed by atoms with Crippen molar-refractivity contribution in [1.29, 1.82) is 0 Å². The summed E-state index contributed by atoms with van der Waals surface area (Å²) < 4.78 is 4.56. The van der Waals surface area contributed by atoms with Crippen molar-refractivity contribution < 1.29 is 9.53 Å². The molecule has 0 saturated heterocycles. The molecule has 0 aliphatic carbocycles. The van der Waals surface area contributed by atoms with Crippen LogP contribution in [0.5, 0.6) is 0 Å². The minimum atomic E-state index is -0.251. The van der Waals surface area contributed by atoms with Crippen molar-refractivity contribution in [3.8, 4) is 0 Å². The van der Waals surface area contributed by atoms with Crippen molar-refractivity contribution in [2.24, 2.45) is 0 Å². The zero-order valence-electron chi connectivity index (χ0n) is 8.43. The van der Waals surface area contributed by atoms with Gasteiger partial charge in [-0.3, -0.25) is 4.79 Å². The molecule has 0 aliphatic heterocycles. The van der Waals surface area contributed by atoms with Gasteiger partial charge in [0.25, 0.3) is 0 Å². The molecule has 15 heavy (non-hydrogen) atoms. The molecule has 0 aliphatic rings. The van der Waals surface area contributed by atoms with Crippen LogP contribution in [-0.2, 0) is 16.0 Å². The van der Waals surface area contributed by atoms with Crippen LogP contribution in [0.15, 0.2) is 30.5 Å². The third-order valence-corrected chi connectivity index (χ3v) is 1.90. The highest BCUT2D eigenvalue weighted by Gasteiger charge is 2.01. The van der Waals surface area contributed by atoms with Crippen LogP contribution in [-0.4, -0.2) is 13.1 Å². The number of hydrogen-bond acceptors (Lipinski definition) is 2. The molecule has 0 unspecified atom stereocenters. The number of esters is 1. The Kier molecular flexibility index (Phi) is 4.11. The molecular formula is C12H11NO2. The first-order chi connectivity index (χ1) is 7.26. The van der Waals surface area contributed by atoms with Crippen molar-refractivity contribution in [3.05, 3.63) is 53.0 Å². The summed E-state index contributed by atoms with van der Waals surface area (Å²) in [6.45, 7) is 6.59. The number of carbonyl (C=O) groups excluding carboxylic acids is 1. The fraction of sp³-hybridized carbons (Fsp3) is 0.167. The average molecular weight is 201 g/mol. The highest BCUT2D eigenvalue weighted by molar-refractivity contribution is 5.72. The van der Waals surface area contributed by atoms with E-state index in [0.717, 1.165) is 11.1 Å². The molecular weight excluding hydrogens is 190 g/mol. The fourth-order valence-corrected chi connectivity index (χ4v) is 1.11. The number of carbonyl (C=O) groups is 1. The molecule has 0 spiro atoms. The lowest BCUT2D eigenvalue weighted by Crippen LogP contribution is -2.03. The van der Waals surface area contributed by atoms with Crippen molar-refractivity contribution in [2.45, 2.75) is 6.42 Å². The van der Waals surface area contributed by atoms with Crippen molar-refractivity contribution in [3.63, 3.8) is 0 Å². The molecule has 1 aromatic rings. The molecule has 1 rings (SSSR count). The number of rotatable bonds is 3. The van der Waals surface area contributed by atoms with E-state index in [2.05, 4.69) is 9.58 Å². The second-order valence-electron chi connectivity index (χ2n) is 2.94. The highest BCUT2D eigenvalue weighted by atomic mass is 16.5. The first-order valence-electron chi connectivity index (χ1n) is 4.45. The lowest BCUT2D eigenvalue weighted by atomic mass is 10.1. The molecule has 0 N–H and O–H groups in total. The second kappa shape index (κ2) is 5.61. The molecule has 76 valence electrons. The van der Waals surface area contributed by atoms with E-state index in [1.54, 1.807) is 6.08 Å². The van der Waals surface area contributed by atoms with Crippen LogP contribution >= 0.6 is 0 Å². The minimum absolute atomic E-state index is 0.251. The lowest BCUT2D eigenvalue weighted by molar-refractivity contribution is -0.139. The third-order valence-electron chi connectivity index (χ3n) is 1.90. The number of benzene rings is 1. The summed E-state index contributed by atoms with van der Waals surface area (Å²) in [5, 5.41) is 0. The van der Waals surface area contributed by atoms with Crippen LogP contribution in [0.1, 0.15) is 11.1 Å². The zero-order valence-corrected chi connectivity index (χ0v) is 8.43. The Balaban J connectivity index is 2.69. The maximum atomic E-state index is 11.0. The van der Waals surface area contributed by atoms with Gasteiger partial charge in [0.05, 0.1) is 20.1 Å². The predicted octanol–water partition coefficient (Wildman–Crippen LogP) is 2.29. The Labute approximate surface area is 88.8 Å². The van der Waals surface area contributed by atoms with Gasteiger partial charge in [-0.25, -0.2) is 4.85 Å². The van der Waals surface area contributed by atoms with Gasteiger partial charge in [0, 0.05) is 0 Å². The van der Waals surface area contributed by atoms with Gasteiger partial charge in [-0.15, -0.1) is 0 Å². The van der Waals surface area contributed by atoms with Gasteiger partial charge in [-0.05, 0) is 11.1 Å². The molecule has 0 radical (unpaired) electrons. The Morgan fingerprint density at radius 3 is 2.67 bits per heavy atom. The largest absolute Gasteiger partial charge is 0.469 e. The van der Waals surface area contributed by atoms with Gasteiger partial charge < -0.3 is 4.74 Å². The van der Waals surface area contributed by atoms with E-state index in [1.807, 2.05) is 24.3 Å². The van der Waals surface area contributed by atoms with Crippen LogP contribution < -0.4 is 0 Å². The molecule has 3 heteroatoms. The SMILES string of the molecule is [C-]#[N+]/C=C/c1ccc(CC(=O)OC)cc1. The van der Waals surface area contributed by atoms with E-state index in [4.69, 9.17) is 6.57 Å². The van der Waals surface area contributed by atoms with E-state index in [-0.39, 0.29) is 12.4 Å². The molecule has 0 heterocycles. The summed E-state index contributed by atoms with van der Waals surface area (Å²) in [5.74, 6) is -0.251. The second-order valence-corrected chi connectivity index (χ2v) is 2.94. The monoisotopic (exact) mass is 201 g/mol. The molecule has 0 fully saturated rings. The first-order valence-corrected chi connectivity index (χ1v) is 4.45. The van der Waals surface area contributed by atoms with Crippen LogP contribution in [0.25, 0.3) is 10.9 Å². The lowest BCUT2D eigenvalue weighted by Gasteiger charge is -2.00. The predicted molar refractivity (Wildman–Crippen MR) is 57.8 cm³/mol. The number of nitrogens with zero attached hydrogens (tertiary/aromatic N) is 1. The number of methoxy groups -OCH3 is 1. The Morgan fingerprint density at radius 2 is 2.13 bits per heavy atom. The summed E-state index contributed by atoms with van der Waals surface area (Å²) >= 11 is 0. The van der Waals surface area contributed by atoms with Crippen molar-refractivity contribution in [1.82, 2.24) is 0 Å². The maximum Gasteiger partial charge on any atom is 0.309 e. The van der Waals surface area contributed by atoms with Crippen molar-refractivity contribution >= 4 is 12.0 Å². The van der Waals surface area contributed by atoms with E-state index < -0.39 is 0 Å². The molecule has 0 saturated carbocycles. The zero-order chi connectivity index (χ0) is 11.1. The molecule has 0 atom stereocenters. The smallest absolute Gasteiger partial charge is 0.309 e. The molecule has 0 aromatic heterocycles. The summed E-state index contributed by atoms with van der Waals surface area (Å²) in [7, 11) is 1.37. The quantitative estimate of drug-likeness (QED) is 0.555. The Hall–Kier alpha value is -2.08. The molecule has 3 nitrogen and oxygen atoms in total. The van der Waals surface area contributed by atoms with E-state index in [1.165, 1.54) is 13.3 Å². The third kappa shape index (κ3) is 3.65. The topological polar surface area (TPSA) is 30.7 Å². The van der Waals surface area contributed by atoms with E-state index in [0.29, 0.717) is 0 Å². The van der Waals surface area contributed by atoms with Gasteiger partial charge in [0.1, 0.15) is 0 Å². The summed E-state index contributed by atoms with van der Waals surface area (Å²) in [5.41, 5.74) is 1.85. The number of hydrogen-bond donors (Lipinski definition) is 0.